The first kappa shape index (κ1) is 12.4. The lowest BCUT2D eigenvalue weighted by molar-refractivity contribution is -0.145. The van der Waals surface area contributed by atoms with E-state index in [9.17, 15) is 9.59 Å². The number of carboxylic acids is 1. The van der Waals surface area contributed by atoms with Gasteiger partial charge < -0.3 is 10.0 Å². The Morgan fingerprint density at radius 2 is 1.88 bits per heavy atom. The molecule has 1 aliphatic carbocycles. The molecule has 17 heavy (non-hydrogen) atoms. The molecule has 2 aliphatic rings. The fourth-order valence-corrected chi connectivity index (χ4v) is 3.27. The van der Waals surface area contributed by atoms with Crippen LogP contribution in [0.5, 0.6) is 0 Å². The highest BCUT2D eigenvalue weighted by Crippen LogP contribution is 2.41. The van der Waals surface area contributed by atoms with Crippen LogP contribution in [0, 0.1) is 11.3 Å². The smallest absolute Gasteiger partial charge is 0.308 e. The van der Waals surface area contributed by atoms with Gasteiger partial charge in [0.25, 0.3) is 0 Å². The molecule has 1 N–H and O–H groups in total. The van der Waals surface area contributed by atoms with Crippen molar-refractivity contribution < 1.29 is 14.7 Å². The van der Waals surface area contributed by atoms with Gasteiger partial charge in [-0.15, -0.1) is 0 Å². The van der Waals surface area contributed by atoms with Crippen LogP contribution in [0.2, 0.25) is 0 Å². The van der Waals surface area contributed by atoms with Crippen molar-refractivity contribution in [2.75, 3.05) is 6.54 Å². The number of hydrogen-bond donors (Lipinski definition) is 1. The Balaban J connectivity index is 2.09. The third-order valence-corrected chi connectivity index (χ3v) is 4.56. The first-order valence-electron chi connectivity index (χ1n) is 6.49. The van der Waals surface area contributed by atoms with Crippen LogP contribution in [-0.4, -0.2) is 34.5 Å². The highest BCUT2D eigenvalue weighted by atomic mass is 16.4. The van der Waals surface area contributed by atoms with Gasteiger partial charge in [0.2, 0.25) is 5.91 Å². The Labute approximate surface area is 102 Å². The lowest BCUT2D eigenvalue weighted by Gasteiger charge is -2.32. The van der Waals surface area contributed by atoms with Crippen LogP contribution >= 0.6 is 0 Å². The quantitative estimate of drug-likeness (QED) is 0.800. The fourth-order valence-electron chi connectivity index (χ4n) is 3.27. The molecule has 1 saturated heterocycles. The molecule has 0 aromatic carbocycles. The summed E-state index contributed by atoms with van der Waals surface area (Å²) >= 11 is 0. The molecule has 2 rings (SSSR count). The predicted octanol–water partition coefficient (Wildman–Crippen LogP) is 1.89. The predicted molar refractivity (Wildman–Crippen MR) is 63.5 cm³/mol. The molecule has 0 spiro atoms. The van der Waals surface area contributed by atoms with Crippen molar-refractivity contribution in [1.82, 2.24) is 4.90 Å². The Bertz CT molecular complexity index is 334. The van der Waals surface area contributed by atoms with Crippen molar-refractivity contribution in [3.05, 3.63) is 0 Å². The molecule has 4 heteroatoms. The second kappa shape index (κ2) is 4.31. The van der Waals surface area contributed by atoms with Gasteiger partial charge in [-0.1, -0.05) is 19.8 Å². The van der Waals surface area contributed by atoms with Crippen molar-refractivity contribution in [1.29, 1.82) is 0 Å². The van der Waals surface area contributed by atoms with E-state index in [1.54, 1.807) is 4.90 Å². The van der Waals surface area contributed by atoms with Gasteiger partial charge >= 0.3 is 5.97 Å². The van der Waals surface area contributed by atoms with Gasteiger partial charge in [0.15, 0.2) is 0 Å². The minimum atomic E-state index is -0.774. The molecule has 96 valence electrons. The molecule has 1 aliphatic heterocycles. The second-order valence-corrected chi connectivity index (χ2v) is 5.74. The van der Waals surface area contributed by atoms with E-state index < -0.39 is 5.97 Å². The van der Waals surface area contributed by atoms with Crippen molar-refractivity contribution >= 4 is 11.9 Å². The van der Waals surface area contributed by atoms with Gasteiger partial charge in [-0.25, -0.2) is 0 Å². The van der Waals surface area contributed by atoms with E-state index in [2.05, 4.69) is 0 Å². The Morgan fingerprint density at radius 1 is 1.29 bits per heavy atom. The summed E-state index contributed by atoms with van der Waals surface area (Å²) in [5.74, 6) is -0.987. The van der Waals surface area contributed by atoms with Gasteiger partial charge in [0.1, 0.15) is 0 Å². The van der Waals surface area contributed by atoms with Crippen molar-refractivity contribution in [3.8, 4) is 0 Å². The topological polar surface area (TPSA) is 57.6 Å². The zero-order valence-electron chi connectivity index (χ0n) is 10.6. The molecule has 2 fully saturated rings. The van der Waals surface area contributed by atoms with Crippen LogP contribution in [0.15, 0.2) is 0 Å². The monoisotopic (exact) mass is 239 g/mol. The van der Waals surface area contributed by atoms with E-state index in [-0.39, 0.29) is 23.3 Å². The number of likely N-dealkylation sites (tertiary alicyclic amines) is 1. The van der Waals surface area contributed by atoms with Crippen LogP contribution in [0.25, 0.3) is 0 Å². The molecule has 4 nitrogen and oxygen atoms in total. The lowest BCUT2D eigenvalue weighted by Crippen LogP contribution is -2.44. The first-order chi connectivity index (χ1) is 7.96. The third-order valence-electron chi connectivity index (χ3n) is 4.56. The number of carbonyl (C=O) groups is 2. The second-order valence-electron chi connectivity index (χ2n) is 5.74. The van der Waals surface area contributed by atoms with E-state index >= 15 is 0 Å². The number of amides is 1. The largest absolute Gasteiger partial charge is 0.481 e. The van der Waals surface area contributed by atoms with Crippen LogP contribution in [0.4, 0.5) is 0 Å². The van der Waals surface area contributed by atoms with E-state index in [4.69, 9.17) is 5.11 Å². The maximum Gasteiger partial charge on any atom is 0.308 e. The number of carbonyl (C=O) groups excluding carboxylic acids is 1. The molecule has 2 atom stereocenters. The van der Waals surface area contributed by atoms with Gasteiger partial charge in [-0.05, 0) is 26.2 Å². The molecule has 2 unspecified atom stereocenters. The standard InChI is InChI=1S/C13H21NO3/c1-9-10(11(15)16)5-8-14(9)12(17)13(2)6-3-4-7-13/h9-10H,3-8H2,1-2H3,(H,15,16). The summed E-state index contributed by atoms with van der Waals surface area (Å²) in [6.45, 7) is 4.50. The molecule has 0 aromatic rings. The highest BCUT2D eigenvalue weighted by molar-refractivity contribution is 5.84. The molecule has 1 heterocycles. The first-order valence-corrected chi connectivity index (χ1v) is 6.49. The Kier molecular flexibility index (Phi) is 3.15. The minimum absolute atomic E-state index is 0.155. The summed E-state index contributed by atoms with van der Waals surface area (Å²) in [6.07, 6.45) is 4.73. The molecular weight excluding hydrogens is 218 g/mol. The van der Waals surface area contributed by atoms with Crippen LogP contribution in [0.3, 0.4) is 0 Å². The number of hydrogen-bond acceptors (Lipinski definition) is 2. The van der Waals surface area contributed by atoms with Crippen molar-refractivity contribution in [2.45, 2.75) is 52.0 Å². The molecule has 0 aromatic heterocycles. The van der Waals surface area contributed by atoms with Crippen molar-refractivity contribution in [3.63, 3.8) is 0 Å². The number of carboxylic acid groups (broad SMARTS) is 1. The molecule has 1 amide bonds. The number of nitrogens with zero attached hydrogens (tertiary/aromatic N) is 1. The summed E-state index contributed by atoms with van der Waals surface area (Å²) in [7, 11) is 0. The Morgan fingerprint density at radius 3 is 2.35 bits per heavy atom. The minimum Gasteiger partial charge on any atom is -0.481 e. The van der Waals surface area contributed by atoms with E-state index in [1.165, 1.54) is 0 Å². The normalized spacial score (nSPS) is 31.8. The van der Waals surface area contributed by atoms with E-state index in [0.29, 0.717) is 13.0 Å². The molecule has 1 saturated carbocycles. The maximum atomic E-state index is 12.5. The summed E-state index contributed by atoms with van der Waals surface area (Å²) < 4.78 is 0. The summed E-state index contributed by atoms with van der Waals surface area (Å²) in [5, 5.41) is 9.07. The van der Waals surface area contributed by atoms with Crippen LogP contribution in [0.1, 0.15) is 46.0 Å². The van der Waals surface area contributed by atoms with Crippen LogP contribution < -0.4 is 0 Å². The summed E-state index contributed by atoms with van der Waals surface area (Å²) in [4.78, 5) is 25.3. The van der Waals surface area contributed by atoms with E-state index in [0.717, 1.165) is 25.7 Å². The van der Waals surface area contributed by atoms with Gasteiger partial charge in [0.05, 0.1) is 5.92 Å². The maximum absolute atomic E-state index is 12.5. The summed E-state index contributed by atoms with van der Waals surface area (Å²) in [5.41, 5.74) is -0.234. The van der Waals surface area contributed by atoms with Gasteiger partial charge in [-0.3, -0.25) is 9.59 Å². The SMILES string of the molecule is CC1C(C(=O)O)CCN1C(=O)C1(C)CCCC1. The number of aliphatic carboxylic acids is 1. The average molecular weight is 239 g/mol. The number of rotatable bonds is 2. The van der Waals surface area contributed by atoms with Crippen LogP contribution in [-0.2, 0) is 9.59 Å². The van der Waals surface area contributed by atoms with Crippen molar-refractivity contribution in [2.24, 2.45) is 11.3 Å². The molecular formula is C13H21NO3. The third kappa shape index (κ3) is 2.05. The fraction of sp³-hybridized carbons (Fsp3) is 0.846. The molecule has 0 bridgehead atoms. The van der Waals surface area contributed by atoms with Gasteiger partial charge in [-0.2, -0.15) is 0 Å². The Hall–Kier alpha value is -1.06. The average Bonchev–Trinajstić information content (AvgIpc) is 2.85. The van der Waals surface area contributed by atoms with E-state index in [1.807, 2.05) is 13.8 Å². The molecule has 0 radical (unpaired) electrons. The van der Waals surface area contributed by atoms with Gasteiger partial charge in [0, 0.05) is 18.0 Å². The highest BCUT2D eigenvalue weighted by Gasteiger charge is 2.45. The zero-order valence-corrected chi connectivity index (χ0v) is 10.6. The lowest BCUT2D eigenvalue weighted by atomic mass is 9.86. The zero-order chi connectivity index (χ0) is 12.6. The summed E-state index contributed by atoms with van der Waals surface area (Å²) in [6, 6.07) is -0.155.